The Morgan fingerprint density at radius 3 is 3.00 bits per heavy atom. The Morgan fingerprint density at radius 1 is 1.50 bits per heavy atom. The maximum atomic E-state index is 11.7. The predicted octanol–water partition coefficient (Wildman–Crippen LogP) is 3.13. The number of hydrogen-bond acceptors (Lipinski definition) is 0. The molecule has 1 aliphatic carbocycles. The van der Waals surface area contributed by atoms with E-state index < -0.39 is 0 Å². The van der Waals surface area contributed by atoms with Crippen LogP contribution in [-0.2, 0) is 0 Å². The zero-order chi connectivity index (χ0) is 7.23. The van der Waals surface area contributed by atoms with Gasteiger partial charge in [0.25, 0.3) is 0 Å². The van der Waals surface area contributed by atoms with Crippen LogP contribution < -0.4 is 0 Å². The first-order valence-electron chi connectivity index (χ1n) is 4.31. The molecule has 1 aliphatic rings. The minimum absolute atomic E-state index is 0.128. The summed E-state index contributed by atoms with van der Waals surface area (Å²) in [4.78, 5) is 0. The molecule has 10 heavy (non-hydrogen) atoms. The van der Waals surface area contributed by atoms with E-state index in [2.05, 4.69) is 6.42 Å². The molecule has 1 saturated carbocycles. The zero-order valence-electron chi connectivity index (χ0n) is 6.48. The lowest BCUT2D eigenvalue weighted by molar-refractivity contribution is 0.351. The van der Waals surface area contributed by atoms with Gasteiger partial charge in [-0.25, -0.2) is 0 Å². The van der Waals surface area contributed by atoms with Crippen molar-refractivity contribution >= 4 is 0 Å². The molecule has 1 fully saturated rings. The highest BCUT2D eigenvalue weighted by atomic mass is 19.1. The van der Waals surface area contributed by atoms with E-state index in [0.29, 0.717) is 0 Å². The van der Waals surface area contributed by atoms with Crippen LogP contribution in [0.4, 0.5) is 4.39 Å². The molecule has 1 unspecified atom stereocenters. The van der Waals surface area contributed by atoms with Crippen molar-refractivity contribution in [1.29, 1.82) is 0 Å². The molecule has 0 spiro atoms. The van der Waals surface area contributed by atoms with Gasteiger partial charge in [0.15, 0.2) is 0 Å². The van der Waals surface area contributed by atoms with E-state index in [1.165, 1.54) is 25.7 Å². The molecule has 0 aromatic heterocycles. The maximum Gasteiger partial charge on any atom is 0.0894 e. The molecule has 0 amide bonds. The summed E-state index contributed by atoms with van der Waals surface area (Å²) >= 11 is 0. The van der Waals surface area contributed by atoms with Gasteiger partial charge in [-0.1, -0.05) is 19.3 Å². The Hall–Kier alpha value is -0.0700. The lowest BCUT2D eigenvalue weighted by Crippen LogP contribution is -2.06. The Morgan fingerprint density at radius 2 is 2.40 bits per heavy atom. The van der Waals surface area contributed by atoms with E-state index in [1.807, 2.05) is 0 Å². The smallest absolute Gasteiger partial charge is 0.0894 e. The van der Waals surface area contributed by atoms with E-state index in [9.17, 15) is 4.39 Å². The quantitative estimate of drug-likeness (QED) is 0.569. The van der Waals surface area contributed by atoms with E-state index in [-0.39, 0.29) is 6.67 Å². The molecular formula is C9H16F. The molecule has 0 aromatic rings. The fraction of sp³-hybridized carbons (Fsp3) is 0.889. The van der Waals surface area contributed by atoms with Crippen LogP contribution in [0, 0.1) is 12.3 Å². The van der Waals surface area contributed by atoms with Gasteiger partial charge in [0.05, 0.1) is 6.67 Å². The normalized spacial score (nSPS) is 21.3. The Labute approximate surface area is 62.8 Å². The van der Waals surface area contributed by atoms with Crippen molar-refractivity contribution < 1.29 is 4.39 Å². The highest BCUT2D eigenvalue weighted by Gasteiger charge is 2.12. The monoisotopic (exact) mass is 143 g/mol. The van der Waals surface area contributed by atoms with Crippen molar-refractivity contribution in [1.82, 2.24) is 0 Å². The summed E-state index contributed by atoms with van der Waals surface area (Å²) in [5, 5.41) is 0. The second-order valence-electron chi connectivity index (χ2n) is 3.15. The zero-order valence-corrected chi connectivity index (χ0v) is 6.48. The molecule has 0 saturated heterocycles. The van der Waals surface area contributed by atoms with Crippen LogP contribution in [0.3, 0.4) is 0 Å². The van der Waals surface area contributed by atoms with Gasteiger partial charge in [-0.05, 0) is 31.6 Å². The largest absolute Gasteiger partial charge is 0.251 e. The number of alkyl halides is 1. The Kier molecular flexibility index (Phi) is 3.77. The third kappa shape index (κ3) is 2.68. The summed E-state index contributed by atoms with van der Waals surface area (Å²) in [6.07, 6.45) is 9.41. The summed E-state index contributed by atoms with van der Waals surface area (Å²) < 4.78 is 11.7. The van der Waals surface area contributed by atoms with Crippen molar-refractivity contribution in [3.05, 3.63) is 6.42 Å². The van der Waals surface area contributed by atoms with Crippen molar-refractivity contribution in [3.8, 4) is 0 Å². The van der Waals surface area contributed by atoms with Gasteiger partial charge in [-0.15, -0.1) is 0 Å². The van der Waals surface area contributed by atoms with Crippen LogP contribution in [0.2, 0.25) is 0 Å². The molecule has 1 heteroatoms. The van der Waals surface area contributed by atoms with E-state index >= 15 is 0 Å². The Balaban J connectivity index is 2.02. The third-order valence-electron chi connectivity index (χ3n) is 2.27. The molecular weight excluding hydrogens is 127 g/mol. The van der Waals surface area contributed by atoms with Gasteiger partial charge in [-0.3, -0.25) is 4.39 Å². The average molecular weight is 143 g/mol. The maximum absolute atomic E-state index is 11.7. The molecule has 1 atom stereocenters. The van der Waals surface area contributed by atoms with Crippen molar-refractivity contribution in [3.63, 3.8) is 0 Å². The third-order valence-corrected chi connectivity index (χ3v) is 2.27. The minimum Gasteiger partial charge on any atom is -0.251 e. The predicted molar refractivity (Wildman–Crippen MR) is 41.5 cm³/mol. The second-order valence-corrected chi connectivity index (χ2v) is 3.15. The van der Waals surface area contributed by atoms with E-state index in [4.69, 9.17) is 0 Å². The van der Waals surface area contributed by atoms with Gasteiger partial charge in [0.1, 0.15) is 0 Å². The second kappa shape index (κ2) is 4.70. The first kappa shape index (κ1) is 8.03. The van der Waals surface area contributed by atoms with Crippen LogP contribution in [-0.4, -0.2) is 6.67 Å². The van der Waals surface area contributed by atoms with Gasteiger partial charge in [0.2, 0.25) is 0 Å². The Bertz CT molecular complexity index is 74.8. The molecule has 1 rings (SSSR count). The van der Waals surface area contributed by atoms with Crippen LogP contribution in [0.15, 0.2) is 0 Å². The summed E-state index contributed by atoms with van der Waals surface area (Å²) in [6.45, 7) is -0.128. The fourth-order valence-corrected chi connectivity index (χ4v) is 1.65. The summed E-state index contributed by atoms with van der Waals surface area (Å²) in [7, 11) is 0. The van der Waals surface area contributed by atoms with Crippen molar-refractivity contribution in [2.45, 2.75) is 38.5 Å². The summed E-state index contributed by atoms with van der Waals surface area (Å²) in [5.74, 6) is 0.810. The van der Waals surface area contributed by atoms with E-state index in [1.54, 1.807) is 0 Å². The SMILES string of the molecule is FCCCC1C[CH]CCC1. The van der Waals surface area contributed by atoms with Gasteiger partial charge < -0.3 is 0 Å². The van der Waals surface area contributed by atoms with Crippen LogP contribution in [0.5, 0.6) is 0 Å². The van der Waals surface area contributed by atoms with Crippen molar-refractivity contribution in [2.75, 3.05) is 6.67 Å². The lowest BCUT2D eigenvalue weighted by atomic mass is 9.86. The van der Waals surface area contributed by atoms with Crippen LogP contribution in [0.25, 0.3) is 0 Å². The summed E-state index contributed by atoms with van der Waals surface area (Å²) in [5.41, 5.74) is 0. The molecule has 0 N–H and O–H groups in total. The first-order valence-corrected chi connectivity index (χ1v) is 4.31. The average Bonchev–Trinajstić information content (AvgIpc) is 2.03. The highest BCUT2D eigenvalue weighted by Crippen LogP contribution is 2.26. The van der Waals surface area contributed by atoms with E-state index in [0.717, 1.165) is 18.8 Å². The van der Waals surface area contributed by atoms with Gasteiger partial charge in [-0.2, -0.15) is 0 Å². The standard InChI is InChI=1S/C9H16F/c10-8-4-7-9-5-2-1-3-6-9/h2,9H,1,3-8H2. The molecule has 59 valence electrons. The van der Waals surface area contributed by atoms with Gasteiger partial charge >= 0.3 is 0 Å². The number of halogens is 1. The first-order chi connectivity index (χ1) is 4.93. The lowest BCUT2D eigenvalue weighted by Gasteiger charge is -2.20. The highest BCUT2D eigenvalue weighted by molar-refractivity contribution is 4.77. The molecule has 0 aliphatic heterocycles. The summed E-state index contributed by atoms with van der Waals surface area (Å²) in [6, 6.07) is 0. The fourth-order valence-electron chi connectivity index (χ4n) is 1.65. The van der Waals surface area contributed by atoms with Crippen molar-refractivity contribution in [2.24, 2.45) is 5.92 Å². The molecule has 0 aromatic carbocycles. The topological polar surface area (TPSA) is 0 Å². The van der Waals surface area contributed by atoms with Crippen LogP contribution >= 0.6 is 0 Å². The van der Waals surface area contributed by atoms with Gasteiger partial charge in [0, 0.05) is 0 Å². The molecule has 0 nitrogen and oxygen atoms in total. The number of hydrogen-bond donors (Lipinski definition) is 0. The molecule has 0 bridgehead atoms. The van der Waals surface area contributed by atoms with Crippen LogP contribution in [0.1, 0.15) is 38.5 Å². The number of rotatable bonds is 3. The molecule has 0 heterocycles. The minimum atomic E-state index is -0.128. The molecule has 1 radical (unpaired) electrons.